The first-order chi connectivity index (χ1) is 16.1. The SMILES string of the molecule is COc1ccc(OC)c(NC(=O)CSCC(=O)N2c3ccccc3CCc3ccccc32)c1. The Labute approximate surface area is 197 Å². The highest BCUT2D eigenvalue weighted by Gasteiger charge is 2.25. The van der Waals surface area contributed by atoms with Crippen LogP contribution in [0.4, 0.5) is 17.1 Å². The number of aryl methyl sites for hydroxylation is 2. The highest BCUT2D eigenvalue weighted by atomic mass is 32.2. The lowest BCUT2D eigenvalue weighted by molar-refractivity contribution is -0.115. The number of fused-ring (bicyclic) bond motifs is 2. The van der Waals surface area contributed by atoms with E-state index in [4.69, 9.17) is 9.47 Å². The van der Waals surface area contributed by atoms with Crippen LogP contribution in [-0.4, -0.2) is 37.5 Å². The van der Waals surface area contributed by atoms with Crippen LogP contribution >= 0.6 is 11.8 Å². The summed E-state index contributed by atoms with van der Waals surface area (Å²) in [5.41, 5.74) is 4.66. The van der Waals surface area contributed by atoms with Crippen LogP contribution in [-0.2, 0) is 22.4 Å². The van der Waals surface area contributed by atoms with E-state index in [1.54, 1.807) is 37.3 Å². The van der Waals surface area contributed by atoms with E-state index in [-0.39, 0.29) is 23.3 Å². The molecule has 0 spiro atoms. The molecular weight excluding hydrogens is 436 g/mol. The lowest BCUT2D eigenvalue weighted by atomic mass is 10.0. The Morgan fingerprint density at radius 2 is 1.52 bits per heavy atom. The van der Waals surface area contributed by atoms with Gasteiger partial charge in [-0.15, -0.1) is 11.8 Å². The molecule has 33 heavy (non-hydrogen) atoms. The minimum absolute atomic E-state index is 0.0476. The Bertz CT molecular complexity index is 1120. The maximum atomic E-state index is 13.3. The number of carbonyl (C=O) groups excluding carboxylic acids is 2. The van der Waals surface area contributed by atoms with E-state index >= 15 is 0 Å². The number of benzene rings is 3. The van der Waals surface area contributed by atoms with Crippen LogP contribution < -0.4 is 19.7 Å². The van der Waals surface area contributed by atoms with Crippen molar-refractivity contribution in [2.24, 2.45) is 0 Å². The van der Waals surface area contributed by atoms with Crippen molar-refractivity contribution in [1.29, 1.82) is 0 Å². The number of anilines is 3. The predicted molar refractivity (Wildman–Crippen MR) is 133 cm³/mol. The van der Waals surface area contributed by atoms with E-state index in [0.29, 0.717) is 17.2 Å². The molecule has 0 aliphatic carbocycles. The molecule has 6 nitrogen and oxygen atoms in total. The third-order valence-electron chi connectivity index (χ3n) is 5.52. The summed E-state index contributed by atoms with van der Waals surface area (Å²) >= 11 is 1.29. The van der Waals surface area contributed by atoms with Gasteiger partial charge in [-0.3, -0.25) is 14.5 Å². The Hall–Kier alpha value is -3.45. The number of methoxy groups -OCH3 is 2. The number of para-hydroxylation sites is 2. The van der Waals surface area contributed by atoms with Crippen LogP contribution in [0.3, 0.4) is 0 Å². The monoisotopic (exact) mass is 462 g/mol. The van der Waals surface area contributed by atoms with E-state index in [2.05, 4.69) is 17.4 Å². The molecule has 3 aromatic rings. The third kappa shape index (κ3) is 5.14. The average molecular weight is 463 g/mol. The molecule has 7 heteroatoms. The number of carbonyl (C=O) groups is 2. The number of hydrogen-bond donors (Lipinski definition) is 1. The van der Waals surface area contributed by atoms with Crippen LogP contribution in [0.15, 0.2) is 66.7 Å². The Kier molecular flexibility index (Phi) is 7.19. The van der Waals surface area contributed by atoms with Gasteiger partial charge in [-0.2, -0.15) is 0 Å². The summed E-state index contributed by atoms with van der Waals surface area (Å²) < 4.78 is 10.5. The molecule has 1 aliphatic heterocycles. The van der Waals surface area contributed by atoms with Gasteiger partial charge in [0.2, 0.25) is 11.8 Å². The molecule has 0 bridgehead atoms. The number of amides is 2. The lowest BCUT2D eigenvalue weighted by Crippen LogP contribution is -2.29. The topological polar surface area (TPSA) is 67.9 Å². The molecule has 0 unspecified atom stereocenters. The summed E-state index contributed by atoms with van der Waals surface area (Å²) in [6, 6.07) is 21.2. The standard InChI is InChI=1S/C26H26N2O4S/c1-31-20-13-14-24(32-2)21(15-20)27-25(29)16-33-17-26(30)28-22-9-5-3-7-18(22)11-12-19-8-4-6-10-23(19)28/h3-10,13-15H,11-12,16-17H2,1-2H3,(H,27,29). The maximum absolute atomic E-state index is 13.3. The lowest BCUT2D eigenvalue weighted by Gasteiger charge is -2.25. The molecule has 1 aliphatic rings. The number of hydrogen-bond acceptors (Lipinski definition) is 5. The number of rotatable bonds is 7. The average Bonchev–Trinajstić information content (AvgIpc) is 3.01. The smallest absolute Gasteiger partial charge is 0.241 e. The number of nitrogens with zero attached hydrogens (tertiary/aromatic N) is 1. The summed E-state index contributed by atoms with van der Waals surface area (Å²) in [5.74, 6) is 1.23. The quantitative estimate of drug-likeness (QED) is 0.544. The van der Waals surface area contributed by atoms with Gasteiger partial charge in [-0.25, -0.2) is 0 Å². The first kappa shape index (κ1) is 22.7. The van der Waals surface area contributed by atoms with Crippen molar-refractivity contribution < 1.29 is 19.1 Å². The molecule has 2 amide bonds. The number of nitrogens with one attached hydrogen (secondary N) is 1. The second kappa shape index (κ2) is 10.4. The van der Waals surface area contributed by atoms with Crippen molar-refractivity contribution in [1.82, 2.24) is 0 Å². The predicted octanol–water partition coefficient (Wildman–Crippen LogP) is 4.84. The largest absolute Gasteiger partial charge is 0.497 e. The normalized spacial score (nSPS) is 12.2. The molecule has 0 fully saturated rings. The van der Waals surface area contributed by atoms with Crippen LogP contribution in [0.2, 0.25) is 0 Å². The van der Waals surface area contributed by atoms with Gasteiger partial charge in [0.1, 0.15) is 11.5 Å². The fourth-order valence-electron chi connectivity index (χ4n) is 3.94. The molecule has 0 aromatic heterocycles. The van der Waals surface area contributed by atoms with Gasteiger partial charge in [-0.1, -0.05) is 36.4 Å². The van der Waals surface area contributed by atoms with Crippen molar-refractivity contribution in [3.05, 3.63) is 77.9 Å². The van der Waals surface area contributed by atoms with Gasteiger partial charge in [0.15, 0.2) is 0 Å². The molecule has 0 radical (unpaired) electrons. The zero-order chi connectivity index (χ0) is 23.2. The summed E-state index contributed by atoms with van der Waals surface area (Å²) in [6.07, 6.45) is 1.77. The van der Waals surface area contributed by atoms with E-state index in [0.717, 1.165) is 35.3 Å². The zero-order valence-corrected chi connectivity index (χ0v) is 19.5. The summed E-state index contributed by atoms with van der Waals surface area (Å²) in [7, 11) is 3.11. The highest BCUT2D eigenvalue weighted by Crippen LogP contribution is 2.36. The van der Waals surface area contributed by atoms with E-state index in [1.807, 2.05) is 36.4 Å². The van der Waals surface area contributed by atoms with Gasteiger partial charge in [0, 0.05) is 6.07 Å². The van der Waals surface area contributed by atoms with Crippen molar-refractivity contribution in [3.8, 4) is 11.5 Å². The van der Waals surface area contributed by atoms with Crippen molar-refractivity contribution in [3.63, 3.8) is 0 Å². The molecule has 170 valence electrons. The molecule has 3 aromatic carbocycles. The molecule has 1 N–H and O–H groups in total. The van der Waals surface area contributed by atoms with Crippen LogP contribution in [0.25, 0.3) is 0 Å². The molecule has 4 rings (SSSR count). The van der Waals surface area contributed by atoms with E-state index in [1.165, 1.54) is 11.8 Å². The van der Waals surface area contributed by atoms with E-state index < -0.39 is 0 Å². The van der Waals surface area contributed by atoms with Gasteiger partial charge in [-0.05, 0) is 48.2 Å². The summed E-state index contributed by atoms with van der Waals surface area (Å²) in [6.45, 7) is 0. The van der Waals surface area contributed by atoms with Crippen LogP contribution in [0, 0.1) is 0 Å². The van der Waals surface area contributed by atoms with Gasteiger partial charge in [0.25, 0.3) is 0 Å². The van der Waals surface area contributed by atoms with E-state index in [9.17, 15) is 9.59 Å². The Morgan fingerprint density at radius 1 is 0.879 bits per heavy atom. The van der Waals surface area contributed by atoms with Crippen molar-refractivity contribution in [2.45, 2.75) is 12.8 Å². The van der Waals surface area contributed by atoms with Crippen LogP contribution in [0.1, 0.15) is 11.1 Å². The second-order valence-electron chi connectivity index (χ2n) is 7.59. The van der Waals surface area contributed by atoms with Gasteiger partial charge in [0.05, 0.1) is 42.8 Å². The second-order valence-corrected chi connectivity index (χ2v) is 8.58. The van der Waals surface area contributed by atoms with Crippen molar-refractivity contribution >= 4 is 40.6 Å². The summed E-state index contributed by atoms with van der Waals surface area (Å²) in [4.78, 5) is 27.7. The maximum Gasteiger partial charge on any atom is 0.241 e. The fraction of sp³-hybridized carbons (Fsp3) is 0.231. The third-order valence-corrected chi connectivity index (χ3v) is 6.43. The Morgan fingerprint density at radius 3 is 2.12 bits per heavy atom. The zero-order valence-electron chi connectivity index (χ0n) is 18.7. The molecule has 1 heterocycles. The first-order valence-corrected chi connectivity index (χ1v) is 11.8. The number of ether oxygens (including phenoxy) is 2. The van der Waals surface area contributed by atoms with Crippen molar-refractivity contribution in [2.75, 3.05) is 35.9 Å². The molecule has 0 saturated heterocycles. The van der Waals surface area contributed by atoms with Gasteiger partial charge < -0.3 is 14.8 Å². The van der Waals surface area contributed by atoms with Crippen LogP contribution in [0.5, 0.6) is 11.5 Å². The minimum atomic E-state index is -0.212. The minimum Gasteiger partial charge on any atom is -0.497 e. The first-order valence-electron chi connectivity index (χ1n) is 10.7. The molecular formula is C26H26N2O4S. The highest BCUT2D eigenvalue weighted by molar-refractivity contribution is 8.00. The fourth-order valence-corrected chi connectivity index (χ4v) is 4.61. The molecule has 0 saturated carbocycles. The van der Waals surface area contributed by atoms with Gasteiger partial charge >= 0.3 is 0 Å². The Balaban J connectivity index is 1.44. The number of thioether (sulfide) groups is 1. The molecule has 0 atom stereocenters. The summed E-state index contributed by atoms with van der Waals surface area (Å²) in [5, 5.41) is 2.84.